The fourth-order valence-electron chi connectivity index (χ4n) is 3.31. The van der Waals surface area contributed by atoms with E-state index < -0.39 is 4.92 Å². The molecule has 3 rings (SSSR count). The third-order valence-electron chi connectivity index (χ3n) is 4.55. The van der Waals surface area contributed by atoms with Crippen LogP contribution in [0, 0.1) is 10.1 Å². The number of hydrogen-bond acceptors (Lipinski definition) is 4. The molecule has 0 aliphatic carbocycles. The Morgan fingerprint density at radius 2 is 2.08 bits per heavy atom. The third kappa shape index (κ3) is 3.79. The molecular weight excluding hydrogens is 320 g/mol. The number of amides is 1. The van der Waals surface area contributed by atoms with E-state index in [4.69, 9.17) is 4.74 Å². The Kier molecular flexibility index (Phi) is 4.97. The second-order valence-corrected chi connectivity index (χ2v) is 6.16. The van der Waals surface area contributed by atoms with Crippen LogP contribution in [-0.2, 0) is 6.42 Å². The second kappa shape index (κ2) is 7.34. The van der Waals surface area contributed by atoms with E-state index in [-0.39, 0.29) is 17.6 Å². The maximum Gasteiger partial charge on any atom is 0.270 e. The molecule has 1 unspecified atom stereocenters. The highest BCUT2D eigenvalue weighted by Gasteiger charge is 2.30. The lowest BCUT2D eigenvalue weighted by Crippen LogP contribution is -2.36. The van der Waals surface area contributed by atoms with Gasteiger partial charge in [-0.15, -0.1) is 0 Å². The van der Waals surface area contributed by atoms with Crippen molar-refractivity contribution < 1.29 is 14.5 Å². The minimum Gasteiger partial charge on any atom is -0.497 e. The van der Waals surface area contributed by atoms with Crippen molar-refractivity contribution in [3.05, 3.63) is 69.8 Å². The fourth-order valence-corrected chi connectivity index (χ4v) is 3.31. The van der Waals surface area contributed by atoms with Crippen molar-refractivity contribution >= 4 is 11.6 Å². The Hall–Kier alpha value is -2.89. The summed E-state index contributed by atoms with van der Waals surface area (Å²) in [5.41, 5.74) is 1.42. The Bertz CT molecular complexity index is 790. The van der Waals surface area contributed by atoms with Gasteiger partial charge in [0.15, 0.2) is 0 Å². The van der Waals surface area contributed by atoms with Gasteiger partial charge in [0.1, 0.15) is 5.75 Å². The molecule has 0 spiro atoms. The summed E-state index contributed by atoms with van der Waals surface area (Å²) in [5, 5.41) is 10.9. The van der Waals surface area contributed by atoms with E-state index in [9.17, 15) is 14.9 Å². The van der Waals surface area contributed by atoms with E-state index in [1.807, 2.05) is 29.2 Å². The molecule has 0 N–H and O–H groups in total. The van der Waals surface area contributed by atoms with Gasteiger partial charge in [-0.3, -0.25) is 14.9 Å². The first-order chi connectivity index (χ1) is 12.1. The van der Waals surface area contributed by atoms with Crippen LogP contribution in [0.5, 0.6) is 5.75 Å². The van der Waals surface area contributed by atoms with Crippen molar-refractivity contribution in [3.63, 3.8) is 0 Å². The second-order valence-electron chi connectivity index (χ2n) is 6.16. The Balaban J connectivity index is 1.77. The smallest absolute Gasteiger partial charge is 0.270 e. The molecule has 1 atom stereocenters. The average molecular weight is 340 g/mol. The zero-order valence-electron chi connectivity index (χ0n) is 14.1. The number of benzene rings is 2. The quantitative estimate of drug-likeness (QED) is 0.617. The first-order valence-corrected chi connectivity index (χ1v) is 8.27. The van der Waals surface area contributed by atoms with E-state index in [0.29, 0.717) is 12.1 Å². The Labute approximate surface area is 146 Å². The summed E-state index contributed by atoms with van der Waals surface area (Å²) < 4.78 is 5.25. The molecule has 1 saturated heterocycles. The zero-order valence-corrected chi connectivity index (χ0v) is 14.1. The number of hydrogen-bond donors (Lipinski definition) is 0. The molecular formula is C19H20N2O4. The molecule has 25 heavy (non-hydrogen) atoms. The maximum atomic E-state index is 12.8. The largest absolute Gasteiger partial charge is 0.497 e. The normalized spacial score (nSPS) is 16.7. The summed E-state index contributed by atoms with van der Waals surface area (Å²) in [6.07, 6.45) is 2.62. The molecule has 1 fully saturated rings. The van der Waals surface area contributed by atoms with Crippen molar-refractivity contribution in [2.45, 2.75) is 25.3 Å². The fraction of sp³-hybridized carbons (Fsp3) is 0.316. The van der Waals surface area contributed by atoms with Crippen LogP contribution in [0.3, 0.4) is 0 Å². The van der Waals surface area contributed by atoms with Crippen LogP contribution in [0.4, 0.5) is 5.69 Å². The van der Waals surface area contributed by atoms with Gasteiger partial charge in [0.25, 0.3) is 11.6 Å². The van der Waals surface area contributed by atoms with Crippen LogP contribution >= 0.6 is 0 Å². The Morgan fingerprint density at radius 1 is 1.28 bits per heavy atom. The summed E-state index contributed by atoms with van der Waals surface area (Å²) in [6.45, 7) is 0.677. The molecule has 0 bridgehead atoms. The highest BCUT2D eigenvalue weighted by Crippen LogP contribution is 2.25. The number of carbonyl (C=O) groups excluding carboxylic acids is 1. The predicted molar refractivity (Wildman–Crippen MR) is 93.9 cm³/mol. The molecule has 1 heterocycles. The number of nitrogens with zero attached hydrogens (tertiary/aromatic N) is 2. The van der Waals surface area contributed by atoms with E-state index >= 15 is 0 Å². The number of methoxy groups -OCH3 is 1. The first kappa shape index (κ1) is 17.0. The van der Waals surface area contributed by atoms with Crippen LogP contribution in [0.15, 0.2) is 48.5 Å². The van der Waals surface area contributed by atoms with Gasteiger partial charge in [-0.05, 0) is 43.0 Å². The van der Waals surface area contributed by atoms with Crippen LogP contribution in [0.2, 0.25) is 0 Å². The minimum absolute atomic E-state index is 0.0607. The molecule has 0 aromatic heterocycles. The number of non-ortho nitro benzene ring substituents is 1. The maximum absolute atomic E-state index is 12.8. The lowest BCUT2D eigenvalue weighted by Gasteiger charge is -2.25. The van der Waals surface area contributed by atoms with E-state index in [0.717, 1.165) is 30.6 Å². The lowest BCUT2D eigenvalue weighted by molar-refractivity contribution is -0.384. The van der Waals surface area contributed by atoms with E-state index in [1.165, 1.54) is 12.1 Å². The van der Waals surface area contributed by atoms with E-state index in [1.54, 1.807) is 19.2 Å². The topological polar surface area (TPSA) is 72.7 Å². The number of likely N-dealkylation sites (tertiary alicyclic amines) is 1. The highest BCUT2D eigenvalue weighted by molar-refractivity contribution is 5.95. The molecule has 2 aromatic rings. The summed E-state index contributed by atoms with van der Waals surface area (Å²) >= 11 is 0. The summed E-state index contributed by atoms with van der Waals surface area (Å²) in [7, 11) is 1.63. The predicted octanol–water partition coefficient (Wildman–Crippen LogP) is 3.45. The third-order valence-corrected chi connectivity index (χ3v) is 4.55. The number of rotatable bonds is 5. The first-order valence-electron chi connectivity index (χ1n) is 8.27. The molecule has 1 aliphatic heterocycles. The molecule has 6 heteroatoms. The Morgan fingerprint density at radius 3 is 2.84 bits per heavy atom. The molecule has 1 amide bonds. The van der Waals surface area contributed by atoms with Crippen molar-refractivity contribution in [1.29, 1.82) is 0 Å². The van der Waals surface area contributed by atoms with Crippen molar-refractivity contribution in [2.24, 2.45) is 0 Å². The van der Waals surface area contributed by atoms with Crippen LogP contribution in [0.1, 0.15) is 28.8 Å². The molecule has 2 aromatic carbocycles. The molecule has 1 aliphatic rings. The lowest BCUT2D eigenvalue weighted by atomic mass is 10.0. The van der Waals surface area contributed by atoms with Crippen molar-refractivity contribution in [1.82, 2.24) is 4.90 Å². The molecule has 130 valence electrons. The summed E-state index contributed by atoms with van der Waals surface area (Å²) in [5.74, 6) is 0.654. The minimum atomic E-state index is -0.478. The van der Waals surface area contributed by atoms with Gasteiger partial charge in [-0.2, -0.15) is 0 Å². The summed E-state index contributed by atoms with van der Waals surface area (Å²) in [4.78, 5) is 25.1. The van der Waals surface area contributed by atoms with Gasteiger partial charge >= 0.3 is 0 Å². The van der Waals surface area contributed by atoms with Crippen LogP contribution < -0.4 is 4.74 Å². The van der Waals surface area contributed by atoms with Crippen molar-refractivity contribution in [3.8, 4) is 5.75 Å². The number of carbonyl (C=O) groups is 1. The summed E-state index contributed by atoms with van der Waals surface area (Å²) in [6, 6.07) is 13.9. The molecule has 6 nitrogen and oxygen atoms in total. The van der Waals surface area contributed by atoms with E-state index in [2.05, 4.69) is 0 Å². The molecule has 0 radical (unpaired) electrons. The number of ether oxygens (including phenoxy) is 1. The highest BCUT2D eigenvalue weighted by atomic mass is 16.6. The standard InChI is InChI=1S/C19H20N2O4/c1-25-18-9-2-5-14(12-18)11-16-8-4-10-20(16)19(22)15-6-3-7-17(13-15)21(23)24/h2-3,5-7,9,12-13,16H,4,8,10-11H2,1H3. The van der Waals surface area contributed by atoms with Gasteiger partial charge in [0.2, 0.25) is 0 Å². The SMILES string of the molecule is COc1cccc(CC2CCCN2C(=O)c2cccc([N+](=O)[O-])c2)c1. The average Bonchev–Trinajstić information content (AvgIpc) is 3.09. The van der Waals surface area contributed by atoms with Crippen LogP contribution in [-0.4, -0.2) is 35.4 Å². The van der Waals surface area contributed by atoms with Crippen molar-refractivity contribution in [2.75, 3.05) is 13.7 Å². The number of nitro benzene ring substituents is 1. The number of nitro groups is 1. The van der Waals surface area contributed by atoms with Gasteiger partial charge in [-0.25, -0.2) is 0 Å². The van der Waals surface area contributed by atoms with Gasteiger partial charge in [0, 0.05) is 30.3 Å². The molecule has 0 saturated carbocycles. The van der Waals surface area contributed by atoms with Gasteiger partial charge < -0.3 is 9.64 Å². The zero-order chi connectivity index (χ0) is 17.8. The van der Waals surface area contributed by atoms with Gasteiger partial charge in [-0.1, -0.05) is 18.2 Å². The van der Waals surface area contributed by atoms with Crippen LogP contribution in [0.25, 0.3) is 0 Å². The monoisotopic (exact) mass is 340 g/mol. The van der Waals surface area contributed by atoms with Gasteiger partial charge in [0.05, 0.1) is 12.0 Å².